The molecule has 0 aromatic heterocycles. The van der Waals surface area contributed by atoms with E-state index in [4.69, 9.17) is 0 Å². The SMILES string of the molecule is C=C(C)[C@@H]1C[C@@H](C)C(C)C(=O)C1C=O. The molecule has 0 radical (unpaired) electrons. The van der Waals surface area contributed by atoms with Gasteiger partial charge in [-0.1, -0.05) is 26.0 Å². The molecule has 0 aromatic rings. The minimum Gasteiger partial charge on any atom is -0.303 e. The second-order valence-electron chi connectivity index (χ2n) is 4.52. The van der Waals surface area contributed by atoms with E-state index in [2.05, 4.69) is 13.5 Å². The molecule has 0 aromatic carbocycles. The minimum absolute atomic E-state index is 0.0146. The van der Waals surface area contributed by atoms with E-state index in [0.29, 0.717) is 5.92 Å². The van der Waals surface area contributed by atoms with Gasteiger partial charge >= 0.3 is 0 Å². The molecule has 0 amide bonds. The van der Waals surface area contributed by atoms with Crippen LogP contribution in [-0.2, 0) is 9.59 Å². The Kier molecular flexibility index (Phi) is 3.25. The van der Waals surface area contributed by atoms with Gasteiger partial charge in [0.1, 0.15) is 12.1 Å². The van der Waals surface area contributed by atoms with Crippen LogP contribution in [0.15, 0.2) is 12.2 Å². The summed E-state index contributed by atoms with van der Waals surface area (Å²) in [5.74, 6) is 0.0813. The smallest absolute Gasteiger partial charge is 0.146 e. The highest BCUT2D eigenvalue weighted by molar-refractivity contribution is 5.96. The molecule has 1 fully saturated rings. The van der Waals surface area contributed by atoms with Gasteiger partial charge in [-0.25, -0.2) is 0 Å². The zero-order valence-corrected chi connectivity index (χ0v) is 9.12. The van der Waals surface area contributed by atoms with E-state index in [1.165, 1.54) is 0 Å². The molecule has 1 rings (SSSR count). The lowest BCUT2D eigenvalue weighted by Gasteiger charge is -2.35. The van der Waals surface area contributed by atoms with E-state index in [1.54, 1.807) is 0 Å². The number of hydrogen-bond acceptors (Lipinski definition) is 2. The molecular weight excluding hydrogens is 176 g/mol. The summed E-state index contributed by atoms with van der Waals surface area (Å²) in [6.07, 6.45) is 1.70. The summed E-state index contributed by atoms with van der Waals surface area (Å²) in [6, 6.07) is 0. The normalized spacial score (nSPS) is 38.1. The average Bonchev–Trinajstić information content (AvgIpc) is 2.13. The van der Waals surface area contributed by atoms with Gasteiger partial charge < -0.3 is 4.79 Å². The van der Waals surface area contributed by atoms with E-state index < -0.39 is 5.92 Å². The summed E-state index contributed by atoms with van der Waals surface area (Å²) in [7, 11) is 0. The highest BCUT2D eigenvalue weighted by Crippen LogP contribution is 2.37. The lowest BCUT2D eigenvalue weighted by Crippen LogP contribution is -2.39. The van der Waals surface area contributed by atoms with Gasteiger partial charge in [0.2, 0.25) is 0 Å². The van der Waals surface area contributed by atoms with Crippen LogP contribution in [0, 0.1) is 23.7 Å². The van der Waals surface area contributed by atoms with Crippen molar-refractivity contribution in [3.8, 4) is 0 Å². The Morgan fingerprint density at radius 2 is 2.07 bits per heavy atom. The third-order valence-corrected chi connectivity index (χ3v) is 3.47. The average molecular weight is 194 g/mol. The van der Waals surface area contributed by atoms with Crippen LogP contribution in [0.4, 0.5) is 0 Å². The standard InChI is InChI=1S/C12H18O2/c1-7(2)10-5-8(3)9(4)12(14)11(10)6-13/h6,8-11H,1,5H2,2-4H3/t8-,9?,10+,11?/m1/s1. The first-order valence-corrected chi connectivity index (χ1v) is 5.13. The molecule has 0 aliphatic heterocycles. The van der Waals surface area contributed by atoms with E-state index in [-0.39, 0.29) is 17.6 Å². The van der Waals surface area contributed by atoms with Crippen molar-refractivity contribution in [3.63, 3.8) is 0 Å². The number of allylic oxidation sites excluding steroid dienone is 1. The maximum atomic E-state index is 11.8. The lowest BCUT2D eigenvalue weighted by atomic mass is 9.67. The number of ketones is 1. The molecule has 2 heteroatoms. The molecular formula is C12H18O2. The first kappa shape index (κ1) is 11.2. The van der Waals surface area contributed by atoms with E-state index in [1.807, 2.05) is 13.8 Å². The van der Waals surface area contributed by atoms with E-state index >= 15 is 0 Å². The second kappa shape index (κ2) is 4.07. The quantitative estimate of drug-likeness (QED) is 0.384. The van der Waals surface area contributed by atoms with Crippen LogP contribution < -0.4 is 0 Å². The number of rotatable bonds is 2. The summed E-state index contributed by atoms with van der Waals surface area (Å²) >= 11 is 0. The van der Waals surface area contributed by atoms with Crippen molar-refractivity contribution < 1.29 is 9.59 Å². The second-order valence-corrected chi connectivity index (χ2v) is 4.52. The van der Waals surface area contributed by atoms with Crippen molar-refractivity contribution in [1.82, 2.24) is 0 Å². The van der Waals surface area contributed by atoms with E-state index in [0.717, 1.165) is 18.3 Å². The molecule has 1 aliphatic rings. The van der Waals surface area contributed by atoms with E-state index in [9.17, 15) is 9.59 Å². The van der Waals surface area contributed by atoms with Gasteiger partial charge in [0.15, 0.2) is 0 Å². The number of hydrogen-bond donors (Lipinski definition) is 0. The Hall–Kier alpha value is -0.920. The van der Waals surface area contributed by atoms with Crippen LogP contribution in [-0.4, -0.2) is 12.1 Å². The molecule has 78 valence electrons. The highest BCUT2D eigenvalue weighted by Gasteiger charge is 2.39. The highest BCUT2D eigenvalue weighted by atomic mass is 16.1. The van der Waals surface area contributed by atoms with Gasteiger partial charge in [-0.05, 0) is 25.2 Å². The summed E-state index contributed by atoms with van der Waals surface area (Å²) in [5, 5.41) is 0. The van der Waals surface area contributed by atoms with Gasteiger partial charge in [0, 0.05) is 5.92 Å². The molecule has 2 unspecified atom stereocenters. The number of carbonyl (C=O) groups excluding carboxylic acids is 2. The van der Waals surface area contributed by atoms with Crippen LogP contribution in [0.3, 0.4) is 0 Å². The number of Topliss-reactive ketones (excluding diaryl/α,β-unsaturated/α-hetero) is 1. The third kappa shape index (κ3) is 1.79. The molecule has 0 N–H and O–H groups in total. The van der Waals surface area contributed by atoms with Crippen molar-refractivity contribution in [3.05, 3.63) is 12.2 Å². The van der Waals surface area contributed by atoms with Crippen LogP contribution in [0.5, 0.6) is 0 Å². The molecule has 1 saturated carbocycles. The Labute approximate surface area is 85.4 Å². The van der Waals surface area contributed by atoms with Crippen LogP contribution in [0.25, 0.3) is 0 Å². The van der Waals surface area contributed by atoms with Gasteiger partial charge in [0.25, 0.3) is 0 Å². The Morgan fingerprint density at radius 1 is 1.50 bits per heavy atom. The summed E-state index contributed by atoms with van der Waals surface area (Å²) < 4.78 is 0. The monoisotopic (exact) mass is 194 g/mol. The maximum absolute atomic E-state index is 11.8. The minimum atomic E-state index is -0.446. The van der Waals surface area contributed by atoms with Crippen molar-refractivity contribution in [2.75, 3.05) is 0 Å². The Bertz CT molecular complexity index is 267. The first-order valence-electron chi connectivity index (χ1n) is 5.13. The molecule has 4 atom stereocenters. The predicted octanol–water partition coefficient (Wildman–Crippen LogP) is 2.24. The Balaban J connectivity index is 2.93. The Morgan fingerprint density at radius 3 is 2.50 bits per heavy atom. The lowest BCUT2D eigenvalue weighted by molar-refractivity contribution is -0.136. The zero-order chi connectivity index (χ0) is 10.9. The fourth-order valence-electron chi connectivity index (χ4n) is 2.20. The number of aldehydes is 1. The molecule has 0 bridgehead atoms. The third-order valence-electron chi connectivity index (χ3n) is 3.47. The fourth-order valence-corrected chi connectivity index (χ4v) is 2.20. The number of carbonyl (C=O) groups is 2. The largest absolute Gasteiger partial charge is 0.303 e. The topological polar surface area (TPSA) is 34.1 Å². The molecule has 14 heavy (non-hydrogen) atoms. The van der Waals surface area contributed by atoms with Gasteiger partial charge in [-0.3, -0.25) is 4.79 Å². The van der Waals surface area contributed by atoms with Crippen LogP contribution >= 0.6 is 0 Å². The van der Waals surface area contributed by atoms with Crippen molar-refractivity contribution >= 4 is 12.1 Å². The molecule has 0 spiro atoms. The summed E-state index contributed by atoms with van der Waals surface area (Å²) in [5.41, 5.74) is 0.953. The van der Waals surface area contributed by atoms with Crippen molar-refractivity contribution in [2.45, 2.75) is 27.2 Å². The summed E-state index contributed by atoms with van der Waals surface area (Å²) in [6.45, 7) is 9.74. The maximum Gasteiger partial charge on any atom is 0.146 e. The van der Waals surface area contributed by atoms with Gasteiger partial charge in [-0.2, -0.15) is 0 Å². The van der Waals surface area contributed by atoms with Crippen LogP contribution in [0.2, 0.25) is 0 Å². The first-order chi connectivity index (χ1) is 6.49. The van der Waals surface area contributed by atoms with Crippen molar-refractivity contribution in [2.24, 2.45) is 23.7 Å². The zero-order valence-electron chi connectivity index (χ0n) is 9.12. The van der Waals surface area contributed by atoms with Gasteiger partial charge in [0.05, 0.1) is 5.92 Å². The molecule has 1 aliphatic carbocycles. The van der Waals surface area contributed by atoms with Gasteiger partial charge in [-0.15, -0.1) is 0 Å². The summed E-state index contributed by atoms with van der Waals surface area (Å²) in [4.78, 5) is 22.7. The molecule has 0 heterocycles. The fraction of sp³-hybridized carbons (Fsp3) is 0.667. The predicted molar refractivity (Wildman–Crippen MR) is 55.8 cm³/mol. The van der Waals surface area contributed by atoms with Crippen molar-refractivity contribution in [1.29, 1.82) is 0 Å². The molecule has 2 nitrogen and oxygen atoms in total. The molecule has 0 saturated heterocycles. The van der Waals surface area contributed by atoms with Crippen LogP contribution in [0.1, 0.15) is 27.2 Å².